The molecule has 5 nitrogen and oxygen atoms in total. The van der Waals surface area contributed by atoms with Gasteiger partial charge in [0.25, 0.3) is 0 Å². The summed E-state index contributed by atoms with van der Waals surface area (Å²) in [4.78, 5) is 17.4. The molecule has 1 aromatic rings. The van der Waals surface area contributed by atoms with Gasteiger partial charge in [-0.05, 0) is 62.9 Å². The van der Waals surface area contributed by atoms with Gasteiger partial charge in [-0.15, -0.1) is 0 Å². The molecule has 136 valence electrons. The van der Waals surface area contributed by atoms with Crippen molar-refractivity contribution in [3.63, 3.8) is 0 Å². The summed E-state index contributed by atoms with van der Waals surface area (Å²) >= 11 is 0. The van der Waals surface area contributed by atoms with Gasteiger partial charge in [0.1, 0.15) is 5.75 Å². The minimum Gasteiger partial charge on any atom is -0.497 e. The van der Waals surface area contributed by atoms with E-state index in [0.29, 0.717) is 26.1 Å². The molecule has 1 aliphatic carbocycles. The zero-order valence-corrected chi connectivity index (χ0v) is 15.0. The Labute approximate surface area is 149 Å². The van der Waals surface area contributed by atoms with E-state index in [1.807, 2.05) is 29.2 Å². The molecule has 5 heteroatoms. The van der Waals surface area contributed by atoms with Crippen LogP contribution >= 0.6 is 0 Å². The molecular formula is C20H28N2O3. The average Bonchev–Trinajstić information content (AvgIpc) is 3.12. The largest absolute Gasteiger partial charge is 0.497 e. The number of ether oxygens (including phenoxy) is 1. The van der Waals surface area contributed by atoms with E-state index in [1.54, 1.807) is 7.11 Å². The zero-order chi connectivity index (χ0) is 17.5. The van der Waals surface area contributed by atoms with Gasteiger partial charge >= 0.3 is 0 Å². The van der Waals surface area contributed by atoms with E-state index in [0.717, 1.165) is 37.2 Å². The van der Waals surface area contributed by atoms with Crippen molar-refractivity contribution in [2.45, 2.75) is 43.1 Å². The molecule has 0 aromatic heterocycles. The first kappa shape index (κ1) is 16.9. The first-order valence-corrected chi connectivity index (χ1v) is 9.43. The van der Waals surface area contributed by atoms with Crippen LogP contribution in [0.2, 0.25) is 0 Å². The number of methoxy groups -OCH3 is 1. The van der Waals surface area contributed by atoms with Crippen LogP contribution in [0.25, 0.3) is 0 Å². The Hall–Kier alpha value is -1.59. The molecule has 1 saturated carbocycles. The highest BCUT2D eigenvalue weighted by Gasteiger charge is 2.55. The maximum Gasteiger partial charge on any atom is 0.233 e. The van der Waals surface area contributed by atoms with Crippen LogP contribution in [0.1, 0.15) is 37.7 Å². The number of aliphatic hydroxyl groups is 1. The molecular weight excluding hydrogens is 316 g/mol. The number of nitrogens with zero attached hydrogens (tertiary/aromatic N) is 2. The summed E-state index contributed by atoms with van der Waals surface area (Å²) in [5.41, 5.74) is -0.0329. The standard InChI is InChI=1S/C20H28N2O3/c1-25-17-6-4-16(5-7-17)20(8-9-20)18(23)22-13-10-19(24,15-22)14-21-11-2-3-12-21/h4-7,24H,2-3,8-15H2,1H3/t19-/m1/s1. The van der Waals surface area contributed by atoms with Crippen molar-refractivity contribution >= 4 is 5.91 Å². The summed E-state index contributed by atoms with van der Waals surface area (Å²) in [7, 11) is 1.65. The highest BCUT2D eigenvalue weighted by atomic mass is 16.5. The molecule has 25 heavy (non-hydrogen) atoms. The van der Waals surface area contributed by atoms with Gasteiger partial charge in [-0.2, -0.15) is 0 Å². The van der Waals surface area contributed by atoms with Gasteiger partial charge in [0.15, 0.2) is 0 Å². The molecule has 1 atom stereocenters. The first-order valence-electron chi connectivity index (χ1n) is 9.43. The fourth-order valence-corrected chi connectivity index (χ4v) is 4.48. The fourth-order valence-electron chi connectivity index (χ4n) is 4.48. The molecule has 0 unspecified atom stereocenters. The van der Waals surface area contributed by atoms with Crippen LogP contribution in [-0.2, 0) is 10.2 Å². The SMILES string of the molecule is COc1ccc(C2(C(=O)N3CC[C@@](O)(CN4CCCC4)C3)CC2)cc1. The average molecular weight is 344 g/mol. The second-order valence-electron chi connectivity index (χ2n) is 7.99. The van der Waals surface area contributed by atoms with Crippen molar-refractivity contribution in [1.82, 2.24) is 9.80 Å². The van der Waals surface area contributed by atoms with Crippen LogP contribution in [-0.4, -0.2) is 66.2 Å². The Morgan fingerprint density at radius 3 is 2.40 bits per heavy atom. The Morgan fingerprint density at radius 1 is 1.12 bits per heavy atom. The summed E-state index contributed by atoms with van der Waals surface area (Å²) < 4.78 is 5.22. The highest BCUT2D eigenvalue weighted by molar-refractivity contribution is 5.91. The van der Waals surface area contributed by atoms with E-state index >= 15 is 0 Å². The minimum atomic E-state index is -0.740. The van der Waals surface area contributed by atoms with Crippen LogP contribution in [0, 0.1) is 0 Å². The topological polar surface area (TPSA) is 53.0 Å². The van der Waals surface area contributed by atoms with Gasteiger partial charge < -0.3 is 19.6 Å². The summed E-state index contributed by atoms with van der Waals surface area (Å²) in [6.45, 7) is 3.99. The van der Waals surface area contributed by atoms with Gasteiger partial charge in [-0.1, -0.05) is 12.1 Å². The molecule has 1 amide bonds. The first-order chi connectivity index (χ1) is 12.0. The number of benzene rings is 1. The molecule has 2 saturated heterocycles. The predicted octanol–water partition coefficient (Wildman–Crippen LogP) is 1.79. The van der Waals surface area contributed by atoms with Crippen molar-refractivity contribution in [2.75, 3.05) is 39.8 Å². The molecule has 4 rings (SSSR count). The van der Waals surface area contributed by atoms with E-state index in [4.69, 9.17) is 4.74 Å². The van der Waals surface area contributed by atoms with E-state index in [-0.39, 0.29) is 11.3 Å². The minimum absolute atomic E-state index is 0.190. The number of carbonyl (C=O) groups is 1. The lowest BCUT2D eigenvalue weighted by atomic mass is 9.94. The maximum absolute atomic E-state index is 13.2. The lowest BCUT2D eigenvalue weighted by Crippen LogP contribution is -2.46. The number of β-amino-alcohol motifs (C(OH)–C–C–N with tert-alkyl or cyclic N) is 1. The molecule has 1 N–H and O–H groups in total. The number of carbonyl (C=O) groups excluding carboxylic acids is 1. The van der Waals surface area contributed by atoms with E-state index in [9.17, 15) is 9.90 Å². The molecule has 0 bridgehead atoms. The predicted molar refractivity (Wildman–Crippen MR) is 95.7 cm³/mol. The number of amides is 1. The molecule has 0 spiro atoms. The lowest BCUT2D eigenvalue weighted by Gasteiger charge is -2.29. The third-order valence-corrected chi connectivity index (χ3v) is 6.14. The second-order valence-corrected chi connectivity index (χ2v) is 7.99. The smallest absolute Gasteiger partial charge is 0.233 e. The van der Waals surface area contributed by atoms with Crippen LogP contribution in [0.5, 0.6) is 5.75 Å². The fraction of sp³-hybridized carbons (Fsp3) is 0.650. The van der Waals surface area contributed by atoms with E-state index < -0.39 is 5.60 Å². The molecule has 2 aliphatic heterocycles. The summed E-state index contributed by atoms with van der Waals surface area (Å²) in [5, 5.41) is 10.9. The second kappa shape index (κ2) is 6.29. The van der Waals surface area contributed by atoms with Crippen molar-refractivity contribution in [2.24, 2.45) is 0 Å². The quantitative estimate of drug-likeness (QED) is 0.885. The van der Waals surface area contributed by atoms with E-state index in [2.05, 4.69) is 4.90 Å². The summed E-state index contributed by atoms with van der Waals surface area (Å²) in [6, 6.07) is 7.87. The molecule has 3 fully saturated rings. The van der Waals surface area contributed by atoms with Crippen LogP contribution in [0.3, 0.4) is 0 Å². The summed E-state index contributed by atoms with van der Waals surface area (Å²) in [6.07, 6.45) is 4.94. The van der Waals surface area contributed by atoms with Crippen molar-refractivity contribution < 1.29 is 14.6 Å². The van der Waals surface area contributed by atoms with Crippen LogP contribution < -0.4 is 4.74 Å². The van der Waals surface area contributed by atoms with Crippen molar-refractivity contribution in [3.8, 4) is 5.75 Å². The Bertz CT molecular complexity index is 635. The van der Waals surface area contributed by atoms with E-state index in [1.165, 1.54) is 12.8 Å². The van der Waals surface area contributed by atoms with Crippen molar-refractivity contribution in [3.05, 3.63) is 29.8 Å². The van der Waals surface area contributed by atoms with Crippen LogP contribution in [0.15, 0.2) is 24.3 Å². The Balaban J connectivity index is 1.44. The van der Waals surface area contributed by atoms with Gasteiger partial charge in [0.2, 0.25) is 5.91 Å². The highest BCUT2D eigenvalue weighted by Crippen LogP contribution is 2.50. The number of hydrogen-bond acceptors (Lipinski definition) is 4. The molecule has 1 aromatic carbocycles. The Kier molecular flexibility index (Phi) is 4.24. The maximum atomic E-state index is 13.2. The van der Waals surface area contributed by atoms with Gasteiger partial charge in [0.05, 0.1) is 24.7 Å². The summed E-state index contributed by atoms with van der Waals surface area (Å²) in [5.74, 6) is 1.00. The monoisotopic (exact) mass is 344 g/mol. The number of hydrogen-bond donors (Lipinski definition) is 1. The zero-order valence-electron chi connectivity index (χ0n) is 15.0. The molecule has 0 radical (unpaired) electrons. The third-order valence-electron chi connectivity index (χ3n) is 6.14. The lowest BCUT2D eigenvalue weighted by molar-refractivity contribution is -0.134. The van der Waals surface area contributed by atoms with Gasteiger partial charge in [-0.25, -0.2) is 0 Å². The molecule has 3 aliphatic rings. The van der Waals surface area contributed by atoms with Crippen molar-refractivity contribution in [1.29, 1.82) is 0 Å². The molecule has 2 heterocycles. The normalized spacial score (nSPS) is 28.3. The number of likely N-dealkylation sites (tertiary alicyclic amines) is 2. The van der Waals surface area contributed by atoms with Crippen LogP contribution in [0.4, 0.5) is 0 Å². The van der Waals surface area contributed by atoms with Gasteiger partial charge in [-0.3, -0.25) is 4.79 Å². The third kappa shape index (κ3) is 3.15. The Morgan fingerprint density at radius 2 is 1.80 bits per heavy atom. The number of rotatable bonds is 5. The van der Waals surface area contributed by atoms with Gasteiger partial charge in [0, 0.05) is 13.1 Å².